The van der Waals surface area contributed by atoms with Crippen LogP contribution in [0.1, 0.15) is 15.2 Å². The number of nitrogens with one attached hydrogen (secondary N) is 1. The molecule has 0 aliphatic carbocycles. The highest BCUT2D eigenvalue weighted by Crippen LogP contribution is 2.33. The number of ether oxygens (including phenoxy) is 2. The van der Waals surface area contributed by atoms with Crippen molar-refractivity contribution in [3.05, 3.63) is 51.1 Å². The molecule has 1 aromatic heterocycles. The molecule has 7 nitrogen and oxygen atoms in total. The molecule has 27 heavy (non-hydrogen) atoms. The van der Waals surface area contributed by atoms with Crippen molar-refractivity contribution in [1.82, 2.24) is 10.2 Å². The predicted octanol–water partition coefficient (Wildman–Crippen LogP) is 2.94. The quantitative estimate of drug-likeness (QED) is 0.774. The summed E-state index contributed by atoms with van der Waals surface area (Å²) in [4.78, 5) is 39.2. The van der Waals surface area contributed by atoms with Gasteiger partial charge in [0.1, 0.15) is 0 Å². The number of amides is 3. The summed E-state index contributed by atoms with van der Waals surface area (Å²) in [5, 5.41) is 4.28. The average molecular weight is 402 g/mol. The highest BCUT2D eigenvalue weighted by Gasteiger charge is 2.34. The van der Waals surface area contributed by atoms with Crippen LogP contribution in [0.2, 0.25) is 0 Å². The molecule has 3 heterocycles. The summed E-state index contributed by atoms with van der Waals surface area (Å²) in [6.45, 7) is 0.416. The van der Waals surface area contributed by atoms with Gasteiger partial charge in [0, 0.05) is 23.5 Å². The Kier molecular flexibility index (Phi) is 4.87. The largest absolute Gasteiger partial charge is 0.454 e. The van der Waals surface area contributed by atoms with Crippen LogP contribution in [0.4, 0.5) is 4.79 Å². The Bertz CT molecular complexity index is 939. The maximum Gasteiger partial charge on any atom is 0.293 e. The minimum Gasteiger partial charge on any atom is -0.454 e. The lowest BCUT2D eigenvalue weighted by atomic mass is 10.2. The molecule has 138 valence electrons. The molecule has 0 radical (unpaired) electrons. The van der Waals surface area contributed by atoms with Crippen LogP contribution in [0.25, 0.3) is 6.08 Å². The number of nitrogens with zero attached hydrogens (tertiary/aromatic N) is 1. The summed E-state index contributed by atoms with van der Waals surface area (Å²) in [5.74, 6) is 0.472. The molecule has 1 saturated heterocycles. The molecule has 2 aromatic rings. The second-order valence-corrected chi connectivity index (χ2v) is 7.65. The van der Waals surface area contributed by atoms with Crippen LogP contribution in [-0.2, 0) is 4.79 Å². The van der Waals surface area contributed by atoms with Gasteiger partial charge in [0.25, 0.3) is 17.1 Å². The number of carbonyl (C=O) groups excluding carboxylic acids is 3. The number of hydrogen-bond acceptors (Lipinski definition) is 7. The Labute approximate surface area is 162 Å². The van der Waals surface area contributed by atoms with Crippen molar-refractivity contribution < 1.29 is 23.9 Å². The molecule has 0 saturated carbocycles. The summed E-state index contributed by atoms with van der Waals surface area (Å²) in [6.07, 6.45) is 1.71. The highest BCUT2D eigenvalue weighted by atomic mass is 32.2. The van der Waals surface area contributed by atoms with Gasteiger partial charge < -0.3 is 14.8 Å². The third-order valence-corrected chi connectivity index (χ3v) is 5.67. The zero-order valence-corrected chi connectivity index (χ0v) is 15.6. The number of hydrogen-bond donors (Lipinski definition) is 1. The number of imide groups is 1. The minimum atomic E-state index is -0.337. The molecule has 4 rings (SSSR count). The smallest absolute Gasteiger partial charge is 0.293 e. The second kappa shape index (κ2) is 7.45. The van der Waals surface area contributed by atoms with E-state index in [0.717, 1.165) is 21.5 Å². The van der Waals surface area contributed by atoms with Gasteiger partial charge in [-0.3, -0.25) is 19.3 Å². The Balaban J connectivity index is 1.34. The van der Waals surface area contributed by atoms with Gasteiger partial charge in [-0.05, 0) is 47.5 Å². The van der Waals surface area contributed by atoms with Crippen molar-refractivity contribution in [3.63, 3.8) is 0 Å². The van der Waals surface area contributed by atoms with E-state index in [1.807, 2.05) is 17.5 Å². The maximum absolute atomic E-state index is 12.4. The fraction of sp³-hybridized carbons (Fsp3) is 0.167. The van der Waals surface area contributed by atoms with Gasteiger partial charge in [-0.25, -0.2) is 0 Å². The third-order valence-electron chi connectivity index (χ3n) is 3.95. The molecule has 2 aliphatic rings. The van der Waals surface area contributed by atoms with Crippen molar-refractivity contribution in [2.75, 3.05) is 19.9 Å². The van der Waals surface area contributed by atoms with Crippen LogP contribution in [-0.4, -0.2) is 41.8 Å². The van der Waals surface area contributed by atoms with Crippen LogP contribution in [0.3, 0.4) is 0 Å². The second-order valence-electron chi connectivity index (χ2n) is 5.67. The first kappa shape index (κ1) is 17.6. The lowest BCUT2D eigenvalue weighted by Crippen LogP contribution is -2.37. The molecule has 9 heteroatoms. The molecule has 0 bridgehead atoms. The molecule has 0 atom stereocenters. The van der Waals surface area contributed by atoms with E-state index in [1.54, 1.807) is 24.3 Å². The van der Waals surface area contributed by atoms with Crippen molar-refractivity contribution >= 4 is 46.2 Å². The maximum atomic E-state index is 12.4. The van der Waals surface area contributed by atoms with E-state index < -0.39 is 0 Å². The zero-order chi connectivity index (χ0) is 18.8. The highest BCUT2D eigenvalue weighted by molar-refractivity contribution is 8.18. The molecule has 2 aliphatic heterocycles. The first-order valence-electron chi connectivity index (χ1n) is 8.08. The van der Waals surface area contributed by atoms with E-state index >= 15 is 0 Å². The normalized spacial score (nSPS) is 17.0. The first-order chi connectivity index (χ1) is 13.1. The lowest BCUT2D eigenvalue weighted by molar-refractivity contribution is -0.122. The van der Waals surface area contributed by atoms with Gasteiger partial charge in [-0.1, -0.05) is 6.07 Å². The van der Waals surface area contributed by atoms with Crippen LogP contribution >= 0.6 is 23.1 Å². The van der Waals surface area contributed by atoms with Gasteiger partial charge in [-0.15, -0.1) is 11.3 Å². The fourth-order valence-corrected chi connectivity index (χ4v) is 4.20. The Morgan fingerprint density at radius 3 is 2.89 bits per heavy atom. The van der Waals surface area contributed by atoms with Crippen LogP contribution in [0, 0.1) is 0 Å². The topological polar surface area (TPSA) is 84.9 Å². The van der Waals surface area contributed by atoms with E-state index in [9.17, 15) is 14.4 Å². The van der Waals surface area contributed by atoms with E-state index in [2.05, 4.69) is 5.32 Å². The molecule has 3 amide bonds. The van der Waals surface area contributed by atoms with E-state index in [-0.39, 0.29) is 36.9 Å². The Morgan fingerprint density at radius 1 is 1.22 bits per heavy atom. The molecule has 0 unspecified atom stereocenters. The first-order valence-corrected chi connectivity index (χ1v) is 9.78. The number of carbonyl (C=O) groups is 3. The third kappa shape index (κ3) is 3.69. The molecule has 1 aromatic carbocycles. The SMILES string of the molecule is O=C(NCCN1C(=O)S/C(=C\c2cccs2)C1=O)c1ccc2c(c1)OCO2. The standard InChI is InChI=1S/C18H14N2O5S2/c21-16(11-3-4-13-14(8-11)25-10-24-13)19-5-6-20-17(22)15(27-18(20)23)9-12-2-1-7-26-12/h1-4,7-9H,5-6,10H2,(H,19,21)/b15-9-. The molecular weight excluding hydrogens is 388 g/mol. The lowest BCUT2D eigenvalue weighted by Gasteiger charge is -2.13. The van der Waals surface area contributed by atoms with E-state index in [1.165, 1.54) is 11.3 Å². The predicted molar refractivity (Wildman–Crippen MR) is 102 cm³/mol. The van der Waals surface area contributed by atoms with E-state index in [0.29, 0.717) is 22.0 Å². The van der Waals surface area contributed by atoms with Crippen LogP contribution in [0.5, 0.6) is 11.5 Å². The fourth-order valence-electron chi connectivity index (χ4n) is 2.62. The summed E-state index contributed by atoms with van der Waals surface area (Å²) in [6, 6.07) is 8.66. The van der Waals surface area contributed by atoms with E-state index in [4.69, 9.17) is 9.47 Å². The van der Waals surface area contributed by atoms with Gasteiger partial charge >= 0.3 is 0 Å². The van der Waals surface area contributed by atoms with Crippen molar-refractivity contribution in [1.29, 1.82) is 0 Å². The Hall–Kier alpha value is -2.78. The summed E-state index contributed by atoms with van der Waals surface area (Å²) in [7, 11) is 0. The monoisotopic (exact) mass is 402 g/mol. The van der Waals surface area contributed by atoms with Crippen molar-refractivity contribution in [2.45, 2.75) is 0 Å². The van der Waals surface area contributed by atoms with Crippen molar-refractivity contribution in [2.24, 2.45) is 0 Å². The number of fused-ring (bicyclic) bond motifs is 1. The molecular formula is C18H14N2O5S2. The van der Waals surface area contributed by atoms with Gasteiger partial charge in [0.2, 0.25) is 6.79 Å². The molecule has 1 N–H and O–H groups in total. The number of thiophene rings is 1. The minimum absolute atomic E-state index is 0.114. The summed E-state index contributed by atoms with van der Waals surface area (Å²) >= 11 is 2.40. The number of benzene rings is 1. The zero-order valence-electron chi connectivity index (χ0n) is 14.0. The van der Waals surface area contributed by atoms with Crippen LogP contribution in [0.15, 0.2) is 40.6 Å². The average Bonchev–Trinajstić information content (AvgIpc) is 3.38. The van der Waals surface area contributed by atoms with Gasteiger partial charge in [0.15, 0.2) is 11.5 Å². The van der Waals surface area contributed by atoms with Crippen molar-refractivity contribution in [3.8, 4) is 11.5 Å². The van der Waals surface area contributed by atoms with Crippen LogP contribution < -0.4 is 14.8 Å². The molecule has 1 fully saturated rings. The van der Waals surface area contributed by atoms with Gasteiger partial charge in [-0.2, -0.15) is 0 Å². The summed E-state index contributed by atoms with van der Waals surface area (Å²) in [5.41, 5.74) is 0.422. The van der Waals surface area contributed by atoms with Gasteiger partial charge in [0.05, 0.1) is 4.91 Å². The number of thioether (sulfide) groups is 1. The Morgan fingerprint density at radius 2 is 2.07 bits per heavy atom. The summed E-state index contributed by atoms with van der Waals surface area (Å²) < 4.78 is 10.5. The number of rotatable bonds is 5. The molecule has 0 spiro atoms.